The van der Waals surface area contributed by atoms with E-state index in [4.69, 9.17) is 26.8 Å². The molecule has 0 saturated carbocycles. The molecule has 0 saturated heterocycles. The molecule has 1 atom stereocenters. The molecule has 0 aromatic heterocycles. The van der Waals surface area contributed by atoms with Crippen LogP contribution in [0.2, 0.25) is 5.02 Å². The van der Waals surface area contributed by atoms with Crippen molar-refractivity contribution in [3.05, 3.63) is 64.7 Å². The van der Waals surface area contributed by atoms with Gasteiger partial charge in [0.05, 0.1) is 7.11 Å². The maximum absolute atomic E-state index is 12.4. The number of halogens is 1. The van der Waals surface area contributed by atoms with E-state index in [1.54, 1.807) is 12.1 Å². The zero-order chi connectivity index (χ0) is 20.5. The molecule has 3 N–H and O–H groups in total. The van der Waals surface area contributed by atoms with Gasteiger partial charge in [-0.05, 0) is 34.0 Å². The second kappa shape index (κ2) is 7.64. The summed E-state index contributed by atoms with van der Waals surface area (Å²) in [5, 5.41) is 5.51. The number of primary amides is 1. The standard InChI is InChI=1S/C22H19ClN2O4/c1-28-18-8-14(16(23)10-19(18)29-11-20(24)26)15-9-21(27)25-17-7-6-12-4-2-3-5-13(12)22(15)17/h2-8,10,15H,9,11H2,1H3,(H2,24,26)(H,25,27)/t15-/m0/s1. The van der Waals surface area contributed by atoms with E-state index in [0.717, 1.165) is 27.6 Å². The molecule has 0 fully saturated rings. The number of amides is 2. The first-order valence-corrected chi connectivity index (χ1v) is 9.45. The smallest absolute Gasteiger partial charge is 0.255 e. The fourth-order valence-electron chi connectivity index (χ4n) is 3.77. The van der Waals surface area contributed by atoms with Crippen LogP contribution in [0, 0.1) is 0 Å². The number of fused-ring (bicyclic) bond motifs is 3. The number of methoxy groups -OCH3 is 1. The monoisotopic (exact) mass is 410 g/mol. The lowest BCUT2D eigenvalue weighted by atomic mass is 9.82. The predicted molar refractivity (Wildman–Crippen MR) is 112 cm³/mol. The Morgan fingerprint density at radius 3 is 2.76 bits per heavy atom. The summed E-state index contributed by atoms with van der Waals surface area (Å²) in [6, 6.07) is 15.3. The van der Waals surface area contributed by atoms with Gasteiger partial charge in [0.15, 0.2) is 18.1 Å². The first kappa shape index (κ1) is 19.1. The van der Waals surface area contributed by atoms with Crippen LogP contribution in [0.3, 0.4) is 0 Å². The molecule has 0 spiro atoms. The quantitative estimate of drug-likeness (QED) is 0.668. The van der Waals surface area contributed by atoms with Crippen molar-refractivity contribution < 1.29 is 19.1 Å². The summed E-state index contributed by atoms with van der Waals surface area (Å²) in [4.78, 5) is 23.4. The normalized spacial score (nSPS) is 15.5. The molecule has 0 radical (unpaired) electrons. The number of hydrogen-bond acceptors (Lipinski definition) is 4. The van der Waals surface area contributed by atoms with E-state index in [1.165, 1.54) is 7.11 Å². The SMILES string of the molecule is COc1cc([C@@H]2CC(=O)Nc3ccc4ccccc4c32)c(Cl)cc1OCC(N)=O. The molecule has 3 aromatic rings. The number of nitrogens with two attached hydrogens (primary N) is 1. The average molecular weight is 411 g/mol. The number of rotatable bonds is 5. The number of carbonyl (C=O) groups is 2. The van der Waals surface area contributed by atoms with Gasteiger partial charge < -0.3 is 20.5 Å². The van der Waals surface area contributed by atoms with Gasteiger partial charge in [-0.25, -0.2) is 0 Å². The molecular weight excluding hydrogens is 392 g/mol. The molecule has 7 heteroatoms. The van der Waals surface area contributed by atoms with Crippen molar-refractivity contribution in [1.82, 2.24) is 0 Å². The van der Waals surface area contributed by atoms with E-state index in [0.29, 0.717) is 16.5 Å². The first-order chi connectivity index (χ1) is 14.0. The second-order valence-electron chi connectivity index (χ2n) is 6.83. The Morgan fingerprint density at radius 2 is 2.00 bits per heavy atom. The zero-order valence-electron chi connectivity index (χ0n) is 15.7. The third-order valence-corrected chi connectivity index (χ3v) is 5.34. The fourth-order valence-corrected chi connectivity index (χ4v) is 4.06. The molecule has 148 valence electrons. The van der Waals surface area contributed by atoms with Crippen molar-refractivity contribution in [2.75, 3.05) is 19.0 Å². The van der Waals surface area contributed by atoms with Crippen molar-refractivity contribution in [1.29, 1.82) is 0 Å². The largest absolute Gasteiger partial charge is 0.493 e. The van der Waals surface area contributed by atoms with Crippen LogP contribution < -0.4 is 20.5 Å². The van der Waals surface area contributed by atoms with Gasteiger partial charge in [0.1, 0.15) is 0 Å². The van der Waals surface area contributed by atoms with Crippen LogP contribution >= 0.6 is 11.6 Å². The van der Waals surface area contributed by atoms with Crippen LogP contribution in [0.1, 0.15) is 23.5 Å². The average Bonchev–Trinajstić information content (AvgIpc) is 2.71. The third-order valence-electron chi connectivity index (χ3n) is 5.01. The molecule has 29 heavy (non-hydrogen) atoms. The lowest BCUT2D eigenvalue weighted by Crippen LogP contribution is -2.24. The number of benzene rings is 3. The molecule has 1 heterocycles. The van der Waals surface area contributed by atoms with Crippen LogP contribution in [-0.2, 0) is 9.59 Å². The van der Waals surface area contributed by atoms with Crippen molar-refractivity contribution in [3.63, 3.8) is 0 Å². The molecule has 2 amide bonds. The zero-order valence-corrected chi connectivity index (χ0v) is 16.5. The van der Waals surface area contributed by atoms with Gasteiger partial charge in [-0.3, -0.25) is 9.59 Å². The molecular formula is C22H19ClN2O4. The highest BCUT2D eigenvalue weighted by molar-refractivity contribution is 6.31. The summed E-state index contributed by atoms with van der Waals surface area (Å²) in [7, 11) is 1.50. The van der Waals surface area contributed by atoms with Crippen LogP contribution in [0.15, 0.2) is 48.5 Å². The second-order valence-corrected chi connectivity index (χ2v) is 7.24. The number of carbonyl (C=O) groups excluding carboxylic acids is 2. The van der Waals surface area contributed by atoms with E-state index in [-0.39, 0.29) is 24.9 Å². The summed E-state index contributed by atoms with van der Waals surface area (Å²) in [5.74, 6) is -0.202. The van der Waals surface area contributed by atoms with Crippen LogP contribution in [0.5, 0.6) is 11.5 Å². The Balaban J connectivity index is 1.86. The Bertz CT molecular complexity index is 1130. The van der Waals surface area contributed by atoms with Crippen molar-refractivity contribution in [3.8, 4) is 11.5 Å². The minimum Gasteiger partial charge on any atom is -0.493 e. The molecule has 3 aromatic carbocycles. The van der Waals surface area contributed by atoms with Crippen molar-refractivity contribution in [2.45, 2.75) is 12.3 Å². The lowest BCUT2D eigenvalue weighted by Gasteiger charge is -2.28. The van der Waals surface area contributed by atoms with Crippen molar-refractivity contribution >= 4 is 39.9 Å². The van der Waals surface area contributed by atoms with Gasteiger partial charge in [0.2, 0.25) is 5.91 Å². The summed E-state index contributed by atoms with van der Waals surface area (Å²) in [6.07, 6.45) is 0.255. The molecule has 6 nitrogen and oxygen atoms in total. The van der Waals surface area contributed by atoms with Gasteiger partial charge in [-0.15, -0.1) is 0 Å². The van der Waals surface area contributed by atoms with Gasteiger partial charge >= 0.3 is 0 Å². The summed E-state index contributed by atoms with van der Waals surface area (Å²) in [5.41, 5.74) is 7.69. The van der Waals surface area contributed by atoms with E-state index in [1.807, 2.05) is 36.4 Å². The number of nitrogens with one attached hydrogen (secondary N) is 1. The molecule has 0 bridgehead atoms. The lowest BCUT2D eigenvalue weighted by molar-refractivity contribution is -0.120. The minimum absolute atomic E-state index is 0.0816. The summed E-state index contributed by atoms with van der Waals surface area (Å²) >= 11 is 6.59. The highest BCUT2D eigenvalue weighted by atomic mass is 35.5. The van der Waals surface area contributed by atoms with E-state index < -0.39 is 5.91 Å². The molecule has 1 aliphatic heterocycles. The molecule has 0 unspecified atom stereocenters. The molecule has 4 rings (SSSR count). The van der Waals surface area contributed by atoms with Crippen LogP contribution in [0.4, 0.5) is 5.69 Å². The van der Waals surface area contributed by atoms with E-state index in [2.05, 4.69) is 5.32 Å². The van der Waals surface area contributed by atoms with Crippen LogP contribution in [0.25, 0.3) is 10.8 Å². The van der Waals surface area contributed by atoms with Gasteiger partial charge in [0, 0.05) is 29.1 Å². The number of anilines is 1. The van der Waals surface area contributed by atoms with Crippen molar-refractivity contribution in [2.24, 2.45) is 5.73 Å². The third kappa shape index (κ3) is 3.59. The Hall–Kier alpha value is -3.25. The predicted octanol–water partition coefficient (Wildman–Crippen LogP) is 3.84. The molecule has 0 aliphatic carbocycles. The van der Waals surface area contributed by atoms with Crippen LogP contribution in [-0.4, -0.2) is 25.5 Å². The highest BCUT2D eigenvalue weighted by Gasteiger charge is 2.30. The highest BCUT2D eigenvalue weighted by Crippen LogP contribution is 2.46. The Labute approximate surface area is 172 Å². The van der Waals surface area contributed by atoms with E-state index >= 15 is 0 Å². The number of hydrogen-bond donors (Lipinski definition) is 2. The number of ether oxygens (including phenoxy) is 2. The topological polar surface area (TPSA) is 90.7 Å². The van der Waals surface area contributed by atoms with Gasteiger partial charge in [0.25, 0.3) is 5.91 Å². The Morgan fingerprint density at radius 1 is 1.21 bits per heavy atom. The maximum Gasteiger partial charge on any atom is 0.255 e. The fraction of sp³-hybridized carbons (Fsp3) is 0.182. The minimum atomic E-state index is -0.600. The summed E-state index contributed by atoms with van der Waals surface area (Å²) < 4.78 is 10.8. The van der Waals surface area contributed by atoms with Gasteiger partial charge in [-0.1, -0.05) is 41.9 Å². The Kier molecular flexibility index (Phi) is 5.03. The maximum atomic E-state index is 12.4. The first-order valence-electron chi connectivity index (χ1n) is 9.08. The molecule has 1 aliphatic rings. The van der Waals surface area contributed by atoms with Gasteiger partial charge in [-0.2, -0.15) is 0 Å². The van der Waals surface area contributed by atoms with E-state index in [9.17, 15) is 9.59 Å². The summed E-state index contributed by atoms with van der Waals surface area (Å²) in [6.45, 7) is -0.286.